The van der Waals surface area contributed by atoms with Crippen molar-refractivity contribution in [1.29, 1.82) is 0 Å². The van der Waals surface area contributed by atoms with Crippen molar-refractivity contribution in [2.75, 3.05) is 20.0 Å². The lowest BCUT2D eigenvalue weighted by Crippen LogP contribution is -2.37. The predicted molar refractivity (Wildman–Crippen MR) is 78.3 cm³/mol. The lowest BCUT2D eigenvalue weighted by molar-refractivity contribution is -0.385. The average Bonchev–Trinajstić information content (AvgIpc) is 2.46. The Balaban J connectivity index is 3.09. The van der Waals surface area contributed by atoms with Crippen LogP contribution in [-0.4, -0.2) is 42.0 Å². The molecular weight excluding hydrogens is 300 g/mol. The van der Waals surface area contributed by atoms with Gasteiger partial charge in [0.05, 0.1) is 25.2 Å². The molecule has 21 heavy (non-hydrogen) atoms. The third kappa shape index (κ3) is 4.23. The fourth-order valence-corrected chi connectivity index (χ4v) is 1.97. The zero-order valence-electron chi connectivity index (χ0n) is 11.5. The van der Waals surface area contributed by atoms with Gasteiger partial charge in [-0.2, -0.15) is 12.6 Å². The summed E-state index contributed by atoms with van der Waals surface area (Å²) in [4.78, 5) is 21.4. The lowest BCUT2D eigenvalue weighted by Gasteiger charge is -2.14. The summed E-state index contributed by atoms with van der Waals surface area (Å²) in [5, 5.41) is 22.7. The summed E-state index contributed by atoms with van der Waals surface area (Å²) in [6.07, 6.45) is 0. The van der Waals surface area contributed by atoms with Crippen LogP contribution in [0.1, 0.15) is 5.56 Å². The van der Waals surface area contributed by atoms with Gasteiger partial charge in [0.1, 0.15) is 6.04 Å². The largest absolute Gasteiger partial charge is 0.493 e. The van der Waals surface area contributed by atoms with E-state index >= 15 is 0 Å². The number of nitrogens with one attached hydrogen (secondary N) is 1. The van der Waals surface area contributed by atoms with E-state index in [1.165, 1.54) is 26.4 Å². The molecule has 0 fully saturated rings. The molecule has 0 saturated carbocycles. The van der Waals surface area contributed by atoms with E-state index in [4.69, 9.17) is 14.6 Å². The van der Waals surface area contributed by atoms with Gasteiger partial charge in [-0.05, 0) is 6.07 Å². The standard InChI is InChI=1S/C12H16N2O6S/c1-19-10-3-7(5-13-8(6-21)12(15)16)9(14(17)18)4-11(10)20-2/h3-4,8,13,21H,5-6H2,1-2H3,(H,15,16)/t8-/m0/s1. The molecule has 0 amide bonds. The van der Waals surface area contributed by atoms with Gasteiger partial charge in [-0.25, -0.2) is 0 Å². The van der Waals surface area contributed by atoms with Crippen molar-refractivity contribution in [2.24, 2.45) is 0 Å². The highest BCUT2D eigenvalue weighted by atomic mass is 32.1. The molecule has 0 radical (unpaired) electrons. The van der Waals surface area contributed by atoms with E-state index in [9.17, 15) is 14.9 Å². The van der Waals surface area contributed by atoms with E-state index in [0.717, 1.165) is 0 Å². The molecule has 0 bridgehead atoms. The number of carbonyl (C=O) groups is 1. The molecule has 1 rings (SSSR count). The molecule has 116 valence electrons. The molecule has 0 spiro atoms. The summed E-state index contributed by atoms with van der Waals surface area (Å²) in [7, 11) is 2.79. The third-order valence-corrected chi connectivity index (χ3v) is 3.17. The maximum absolute atomic E-state index is 11.1. The molecular formula is C12H16N2O6S. The number of nitrogens with zero attached hydrogens (tertiary/aromatic N) is 1. The van der Waals surface area contributed by atoms with Gasteiger partial charge in [-0.1, -0.05) is 0 Å². The molecule has 0 aliphatic heterocycles. The third-order valence-electron chi connectivity index (χ3n) is 2.80. The predicted octanol–water partition coefficient (Wildman–Crippen LogP) is 1.08. The van der Waals surface area contributed by atoms with Gasteiger partial charge in [-0.15, -0.1) is 0 Å². The fourth-order valence-electron chi connectivity index (χ4n) is 1.69. The van der Waals surface area contributed by atoms with Crippen molar-refractivity contribution in [3.63, 3.8) is 0 Å². The van der Waals surface area contributed by atoms with Gasteiger partial charge < -0.3 is 14.6 Å². The highest BCUT2D eigenvalue weighted by molar-refractivity contribution is 7.80. The Morgan fingerprint density at radius 1 is 1.43 bits per heavy atom. The molecule has 1 aromatic carbocycles. The second-order valence-electron chi connectivity index (χ2n) is 4.05. The number of carboxylic acid groups (broad SMARTS) is 1. The lowest BCUT2D eigenvalue weighted by atomic mass is 10.1. The zero-order valence-corrected chi connectivity index (χ0v) is 12.4. The SMILES string of the molecule is COc1cc(CN[C@@H](CS)C(=O)O)c([N+](=O)[O-])cc1OC. The molecule has 0 unspecified atom stereocenters. The molecule has 0 heterocycles. The molecule has 1 aromatic rings. The number of carboxylic acids is 1. The number of hydrogen-bond donors (Lipinski definition) is 3. The number of aliphatic carboxylic acids is 1. The van der Waals surface area contributed by atoms with Gasteiger partial charge in [-0.3, -0.25) is 20.2 Å². The van der Waals surface area contributed by atoms with Crippen LogP contribution < -0.4 is 14.8 Å². The number of hydrogen-bond acceptors (Lipinski definition) is 7. The van der Waals surface area contributed by atoms with Crippen LogP contribution in [0.25, 0.3) is 0 Å². The summed E-state index contributed by atoms with van der Waals surface area (Å²) in [5.74, 6) is -0.445. The van der Waals surface area contributed by atoms with Crippen LogP contribution in [0.5, 0.6) is 11.5 Å². The molecule has 0 aliphatic carbocycles. The van der Waals surface area contributed by atoms with Crippen LogP contribution in [0.15, 0.2) is 12.1 Å². The molecule has 0 saturated heterocycles. The summed E-state index contributed by atoms with van der Waals surface area (Å²) >= 11 is 3.92. The Morgan fingerprint density at radius 2 is 2.00 bits per heavy atom. The average molecular weight is 316 g/mol. The smallest absolute Gasteiger partial charge is 0.321 e. The number of nitro groups is 1. The minimum atomic E-state index is -1.08. The Hall–Kier alpha value is -2.00. The monoisotopic (exact) mass is 316 g/mol. The normalized spacial score (nSPS) is 11.8. The van der Waals surface area contributed by atoms with Crippen LogP contribution in [0.2, 0.25) is 0 Å². The summed E-state index contributed by atoms with van der Waals surface area (Å²) in [5.41, 5.74) is 0.120. The van der Waals surface area contributed by atoms with Crippen molar-refractivity contribution < 1.29 is 24.3 Å². The highest BCUT2D eigenvalue weighted by Gasteiger charge is 2.21. The summed E-state index contributed by atoms with van der Waals surface area (Å²) < 4.78 is 10.1. The van der Waals surface area contributed by atoms with Crippen molar-refractivity contribution in [1.82, 2.24) is 5.32 Å². The molecule has 9 heteroatoms. The van der Waals surface area contributed by atoms with Crippen molar-refractivity contribution >= 4 is 24.3 Å². The number of rotatable bonds is 8. The van der Waals surface area contributed by atoms with Crippen LogP contribution >= 0.6 is 12.6 Å². The first-order valence-corrected chi connectivity index (χ1v) is 6.54. The van der Waals surface area contributed by atoms with Crippen molar-refractivity contribution in [2.45, 2.75) is 12.6 Å². The Morgan fingerprint density at radius 3 is 2.43 bits per heavy atom. The van der Waals surface area contributed by atoms with Gasteiger partial charge >= 0.3 is 5.97 Å². The minimum Gasteiger partial charge on any atom is -0.493 e. The van der Waals surface area contributed by atoms with E-state index in [1.54, 1.807) is 0 Å². The molecule has 0 aliphatic rings. The molecule has 0 aromatic heterocycles. The van der Waals surface area contributed by atoms with Gasteiger partial charge in [0.2, 0.25) is 0 Å². The second kappa shape index (κ2) is 7.70. The summed E-state index contributed by atoms with van der Waals surface area (Å²) in [6.45, 7) is -0.00576. The van der Waals surface area contributed by atoms with Crippen molar-refractivity contribution in [3.8, 4) is 11.5 Å². The number of ether oxygens (including phenoxy) is 2. The second-order valence-corrected chi connectivity index (χ2v) is 4.41. The Labute approximate surface area is 126 Å². The zero-order chi connectivity index (χ0) is 16.0. The quantitative estimate of drug-likeness (QED) is 0.374. The van der Waals surface area contributed by atoms with Gasteiger partial charge in [0.25, 0.3) is 5.69 Å². The number of benzene rings is 1. The van der Waals surface area contributed by atoms with Crippen LogP contribution in [0, 0.1) is 10.1 Å². The first-order valence-electron chi connectivity index (χ1n) is 5.90. The van der Waals surface area contributed by atoms with E-state index in [1.807, 2.05) is 0 Å². The maximum atomic E-state index is 11.1. The fraction of sp³-hybridized carbons (Fsp3) is 0.417. The molecule has 8 nitrogen and oxygen atoms in total. The van der Waals surface area contributed by atoms with Gasteiger partial charge in [0, 0.05) is 17.9 Å². The summed E-state index contributed by atoms with van der Waals surface area (Å²) in [6, 6.07) is 1.79. The van der Waals surface area contributed by atoms with E-state index < -0.39 is 16.9 Å². The van der Waals surface area contributed by atoms with Crippen molar-refractivity contribution in [3.05, 3.63) is 27.8 Å². The van der Waals surface area contributed by atoms with Crippen LogP contribution in [-0.2, 0) is 11.3 Å². The maximum Gasteiger partial charge on any atom is 0.321 e. The first kappa shape index (κ1) is 17.1. The van der Waals surface area contributed by atoms with E-state index in [2.05, 4.69) is 17.9 Å². The number of thiol groups is 1. The first-order chi connectivity index (χ1) is 9.94. The highest BCUT2D eigenvalue weighted by Crippen LogP contribution is 2.34. The van der Waals surface area contributed by atoms with Crippen LogP contribution in [0.4, 0.5) is 5.69 Å². The number of methoxy groups -OCH3 is 2. The topological polar surface area (TPSA) is 111 Å². The van der Waals surface area contributed by atoms with E-state index in [-0.39, 0.29) is 23.7 Å². The van der Waals surface area contributed by atoms with Gasteiger partial charge in [0.15, 0.2) is 11.5 Å². The minimum absolute atomic E-state index is 0.00576. The Bertz CT molecular complexity index is 537. The number of nitro benzene ring substituents is 1. The molecule has 2 N–H and O–H groups in total. The Kier molecular flexibility index (Phi) is 6.25. The molecule has 1 atom stereocenters. The van der Waals surface area contributed by atoms with E-state index in [0.29, 0.717) is 11.3 Å². The van der Waals surface area contributed by atoms with Crippen LogP contribution in [0.3, 0.4) is 0 Å².